The highest BCUT2D eigenvalue weighted by atomic mass is 16.5. The summed E-state index contributed by atoms with van der Waals surface area (Å²) in [7, 11) is 1.54. The quantitative estimate of drug-likeness (QED) is 0.296. The molecule has 2 saturated carbocycles. The Kier molecular flexibility index (Phi) is 4.49. The topological polar surface area (TPSA) is 90.0 Å². The summed E-state index contributed by atoms with van der Waals surface area (Å²) in [6, 6.07) is 6.52. The molecule has 0 aromatic heterocycles. The van der Waals surface area contributed by atoms with Gasteiger partial charge in [-0.2, -0.15) is 0 Å². The van der Waals surface area contributed by atoms with Gasteiger partial charge in [0.25, 0.3) is 0 Å². The summed E-state index contributed by atoms with van der Waals surface area (Å²) in [5.74, 6) is 0.301. The zero-order valence-corrected chi connectivity index (χ0v) is 16.7. The van der Waals surface area contributed by atoms with E-state index in [2.05, 4.69) is 12.2 Å². The van der Waals surface area contributed by atoms with Crippen LogP contribution in [-0.4, -0.2) is 48.7 Å². The molecule has 6 rings (SSSR count). The number of likely N-dealkylation sites (tertiary alicyclic amines) is 1. The summed E-state index contributed by atoms with van der Waals surface area (Å²) < 4.78 is 10.1. The summed E-state index contributed by atoms with van der Waals surface area (Å²) in [5.41, 5.74) is 0.416. The summed E-state index contributed by atoms with van der Waals surface area (Å²) in [6.45, 7) is -0.370. The number of rotatable bonds is 7. The second-order valence-corrected chi connectivity index (χ2v) is 8.55. The third-order valence-electron chi connectivity index (χ3n) is 7.07. The second kappa shape index (κ2) is 7.07. The Balaban J connectivity index is 1.14. The fraction of sp³-hybridized carbons (Fsp3) is 0.478. The third kappa shape index (κ3) is 2.95. The highest BCUT2D eigenvalue weighted by Crippen LogP contribution is 2.65. The third-order valence-corrected chi connectivity index (χ3v) is 7.07. The molecule has 0 radical (unpaired) electrons. The molecule has 1 saturated heterocycles. The molecule has 1 aliphatic heterocycles. The minimum absolute atomic E-state index is 0.00893. The number of hydrogen-bond donors (Lipinski definition) is 0. The van der Waals surface area contributed by atoms with Crippen LogP contribution in [0.15, 0.2) is 36.4 Å². The fourth-order valence-electron chi connectivity index (χ4n) is 5.52. The largest absolute Gasteiger partial charge is 0.497 e. The van der Waals surface area contributed by atoms with Crippen LogP contribution in [0, 0.1) is 35.5 Å². The summed E-state index contributed by atoms with van der Waals surface area (Å²) in [6.07, 6.45) is 5.24. The molecule has 0 spiro atoms. The van der Waals surface area contributed by atoms with Crippen molar-refractivity contribution >= 4 is 23.6 Å². The number of carbonyl (C=O) groups excluding carboxylic acids is 4. The van der Waals surface area contributed by atoms with Crippen LogP contribution in [-0.2, 0) is 19.1 Å². The van der Waals surface area contributed by atoms with Gasteiger partial charge in [-0.15, -0.1) is 0 Å². The Bertz CT molecular complexity index is 915. The Morgan fingerprint density at radius 3 is 2.17 bits per heavy atom. The molecule has 3 fully saturated rings. The van der Waals surface area contributed by atoms with Gasteiger partial charge in [-0.05, 0) is 54.4 Å². The van der Waals surface area contributed by atoms with Crippen molar-refractivity contribution in [2.75, 3.05) is 20.3 Å². The van der Waals surface area contributed by atoms with E-state index in [0.29, 0.717) is 23.1 Å². The molecule has 156 valence electrons. The summed E-state index contributed by atoms with van der Waals surface area (Å²) >= 11 is 0. The van der Waals surface area contributed by atoms with Crippen LogP contribution in [0.3, 0.4) is 0 Å². The van der Waals surface area contributed by atoms with Gasteiger partial charge in [0.05, 0.1) is 25.4 Å². The van der Waals surface area contributed by atoms with E-state index in [1.807, 2.05) is 0 Å². The van der Waals surface area contributed by atoms with Crippen molar-refractivity contribution in [3.63, 3.8) is 0 Å². The van der Waals surface area contributed by atoms with Gasteiger partial charge in [-0.3, -0.25) is 24.1 Å². The second-order valence-electron chi connectivity index (χ2n) is 8.55. The van der Waals surface area contributed by atoms with Gasteiger partial charge in [-0.1, -0.05) is 12.2 Å². The number of nitrogens with zero attached hydrogens (tertiary/aromatic N) is 1. The van der Waals surface area contributed by atoms with E-state index >= 15 is 0 Å². The van der Waals surface area contributed by atoms with Crippen LogP contribution >= 0.6 is 0 Å². The first-order valence-electron chi connectivity index (χ1n) is 10.4. The number of Topliss-reactive ketones (excluding diaryl/α,β-unsaturated/α-hetero) is 1. The van der Waals surface area contributed by atoms with Crippen molar-refractivity contribution in [3.05, 3.63) is 42.0 Å². The smallest absolute Gasteiger partial charge is 0.308 e. The number of imide groups is 1. The Morgan fingerprint density at radius 2 is 1.60 bits per heavy atom. The highest BCUT2D eigenvalue weighted by molar-refractivity contribution is 6.06. The maximum absolute atomic E-state index is 12.9. The van der Waals surface area contributed by atoms with Crippen LogP contribution in [0.4, 0.5) is 0 Å². The average molecular weight is 409 g/mol. The standard InChI is InChI=1S/C23H23NO6/c1-29-13-4-2-12(3-5-13)18(25)11-30-19(26)8-9-24-22(27)20-14-6-7-15(17-10-16(14)17)21(20)23(24)28/h2-7,14-17,20-21H,8-11H2,1H3/t14-,15-,16-,17+,20-,21-/m1/s1. The van der Waals surface area contributed by atoms with E-state index in [1.54, 1.807) is 24.3 Å². The molecule has 7 nitrogen and oxygen atoms in total. The van der Waals surface area contributed by atoms with Gasteiger partial charge in [0.1, 0.15) is 5.75 Å². The Morgan fingerprint density at radius 1 is 1.00 bits per heavy atom. The van der Waals surface area contributed by atoms with E-state index in [4.69, 9.17) is 9.47 Å². The normalized spacial score (nSPS) is 32.6. The lowest BCUT2D eigenvalue weighted by Crippen LogP contribution is -2.40. The van der Waals surface area contributed by atoms with E-state index in [0.717, 1.165) is 6.42 Å². The lowest BCUT2D eigenvalue weighted by atomic mass is 9.63. The SMILES string of the molecule is COc1ccc(C(=O)COC(=O)CCN2C(=O)[C@@H]3[C@@H]4C=C[C@H]([C@@H]5C[C@H]45)[C@H]3C2=O)cc1. The predicted octanol–water partition coefficient (Wildman–Crippen LogP) is 1.86. The molecule has 1 aromatic rings. The monoisotopic (exact) mass is 409 g/mol. The zero-order chi connectivity index (χ0) is 21.0. The number of ketones is 1. The molecule has 1 aromatic carbocycles. The first-order valence-corrected chi connectivity index (χ1v) is 10.4. The van der Waals surface area contributed by atoms with Crippen molar-refractivity contribution < 1.29 is 28.7 Å². The molecule has 2 bridgehead atoms. The molecule has 4 aliphatic carbocycles. The van der Waals surface area contributed by atoms with Crippen molar-refractivity contribution in [3.8, 4) is 5.75 Å². The molecule has 6 atom stereocenters. The Hall–Kier alpha value is -2.96. The van der Waals surface area contributed by atoms with Crippen molar-refractivity contribution in [2.45, 2.75) is 12.8 Å². The van der Waals surface area contributed by atoms with E-state index in [9.17, 15) is 19.2 Å². The van der Waals surface area contributed by atoms with Crippen LogP contribution in [0.5, 0.6) is 5.75 Å². The fourth-order valence-corrected chi connectivity index (χ4v) is 5.52. The van der Waals surface area contributed by atoms with E-state index < -0.39 is 5.97 Å². The van der Waals surface area contributed by atoms with Crippen LogP contribution < -0.4 is 4.74 Å². The average Bonchev–Trinajstić information content (AvgIpc) is 3.55. The van der Waals surface area contributed by atoms with Crippen molar-refractivity contribution in [1.82, 2.24) is 4.90 Å². The number of amides is 2. The molecule has 30 heavy (non-hydrogen) atoms. The highest BCUT2D eigenvalue weighted by Gasteiger charge is 2.66. The summed E-state index contributed by atoms with van der Waals surface area (Å²) in [5, 5.41) is 0. The molecule has 5 aliphatic rings. The van der Waals surface area contributed by atoms with Gasteiger partial charge in [0.2, 0.25) is 11.8 Å². The minimum Gasteiger partial charge on any atom is -0.497 e. The van der Waals surface area contributed by atoms with Gasteiger partial charge in [-0.25, -0.2) is 0 Å². The zero-order valence-electron chi connectivity index (χ0n) is 16.7. The number of hydrogen-bond acceptors (Lipinski definition) is 6. The molecule has 0 N–H and O–H groups in total. The molecule has 1 heterocycles. The van der Waals surface area contributed by atoms with Gasteiger partial charge < -0.3 is 9.47 Å². The molecule has 7 heteroatoms. The van der Waals surface area contributed by atoms with Crippen LogP contribution in [0.25, 0.3) is 0 Å². The number of ether oxygens (including phenoxy) is 2. The van der Waals surface area contributed by atoms with Crippen LogP contribution in [0.2, 0.25) is 0 Å². The van der Waals surface area contributed by atoms with Gasteiger partial charge in [0, 0.05) is 12.1 Å². The van der Waals surface area contributed by atoms with Crippen molar-refractivity contribution in [2.24, 2.45) is 35.5 Å². The molecule has 0 unspecified atom stereocenters. The maximum Gasteiger partial charge on any atom is 0.308 e. The lowest BCUT2D eigenvalue weighted by molar-refractivity contribution is -0.145. The van der Waals surface area contributed by atoms with E-state index in [-0.39, 0.29) is 60.8 Å². The summed E-state index contributed by atoms with van der Waals surface area (Å²) in [4.78, 5) is 51.2. The van der Waals surface area contributed by atoms with Gasteiger partial charge in [0.15, 0.2) is 12.4 Å². The van der Waals surface area contributed by atoms with Crippen molar-refractivity contribution in [1.29, 1.82) is 0 Å². The number of carbonyl (C=O) groups is 4. The number of allylic oxidation sites excluding steroid dienone is 2. The first kappa shape index (κ1) is 19.0. The van der Waals surface area contributed by atoms with Gasteiger partial charge >= 0.3 is 5.97 Å². The number of esters is 1. The molecular formula is C23H23NO6. The molecule has 2 amide bonds. The Labute approximate surface area is 174 Å². The lowest BCUT2D eigenvalue weighted by Gasteiger charge is -2.37. The van der Waals surface area contributed by atoms with E-state index in [1.165, 1.54) is 12.0 Å². The molecular weight excluding hydrogens is 386 g/mol. The number of benzene rings is 1. The first-order chi connectivity index (χ1) is 14.5. The number of methoxy groups -OCH3 is 1. The maximum atomic E-state index is 12.9. The minimum atomic E-state index is -0.601. The van der Waals surface area contributed by atoms with Crippen LogP contribution in [0.1, 0.15) is 23.2 Å². The predicted molar refractivity (Wildman–Crippen MR) is 104 cm³/mol.